The van der Waals surface area contributed by atoms with Crippen LogP contribution in [-0.2, 0) is 4.79 Å². The van der Waals surface area contributed by atoms with Crippen molar-refractivity contribution in [1.29, 1.82) is 0 Å². The summed E-state index contributed by atoms with van der Waals surface area (Å²) in [7, 11) is 0. The van der Waals surface area contributed by atoms with E-state index < -0.39 is 12.0 Å². The molecule has 2 aromatic carbocycles. The van der Waals surface area contributed by atoms with Crippen molar-refractivity contribution in [3.8, 4) is 5.75 Å². The highest BCUT2D eigenvalue weighted by atomic mass is 32.2. The molecule has 0 radical (unpaired) electrons. The molecule has 0 bridgehead atoms. The summed E-state index contributed by atoms with van der Waals surface area (Å²) in [6.07, 6.45) is 0. The molecule has 4 nitrogen and oxygen atoms in total. The molecule has 1 saturated heterocycles. The second kappa shape index (κ2) is 5.73. The Morgan fingerprint density at radius 1 is 1.30 bits per heavy atom. The molecule has 1 aliphatic rings. The van der Waals surface area contributed by atoms with Crippen LogP contribution in [0.25, 0.3) is 10.8 Å². The summed E-state index contributed by atoms with van der Waals surface area (Å²) < 4.78 is 5.75. The first-order valence-corrected chi connectivity index (χ1v) is 7.49. The molecule has 1 fully saturated rings. The van der Waals surface area contributed by atoms with Gasteiger partial charge >= 0.3 is 5.97 Å². The van der Waals surface area contributed by atoms with Gasteiger partial charge in [-0.05, 0) is 22.9 Å². The van der Waals surface area contributed by atoms with Gasteiger partial charge < -0.3 is 9.84 Å². The molecule has 5 heteroatoms. The van der Waals surface area contributed by atoms with Crippen molar-refractivity contribution < 1.29 is 14.6 Å². The second-order valence-corrected chi connectivity index (χ2v) is 5.94. The Kier molecular flexibility index (Phi) is 3.80. The largest absolute Gasteiger partial charge is 0.491 e. The molecule has 3 rings (SSSR count). The highest BCUT2D eigenvalue weighted by molar-refractivity contribution is 8.00. The van der Waals surface area contributed by atoms with Crippen LogP contribution in [0.3, 0.4) is 0 Å². The quantitative estimate of drug-likeness (QED) is 0.904. The molecule has 0 aliphatic carbocycles. The molecule has 1 heterocycles. The Hall–Kier alpha value is -1.72. The smallest absolute Gasteiger partial charge is 0.321 e. The predicted molar refractivity (Wildman–Crippen MR) is 80.2 cm³/mol. The van der Waals surface area contributed by atoms with Crippen molar-refractivity contribution in [2.45, 2.75) is 11.4 Å². The maximum absolute atomic E-state index is 10.9. The van der Waals surface area contributed by atoms with Crippen LogP contribution in [0.1, 0.15) is 0 Å². The van der Waals surface area contributed by atoms with Gasteiger partial charge in [-0.1, -0.05) is 30.3 Å². The van der Waals surface area contributed by atoms with Gasteiger partial charge in [0.25, 0.3) is 0 Å². The van der Waals surface area contributed by atoms with Crippen LogP contribution in [-0.4, -0.2) is 34.9 Å². The standard InChI is InChI=1S/C15H15NO3S/c17-15(18)13-9-20-14(16-13)8-19-12-6-5-10-3-1-2-4-11(10)7-12/h1-7,13-14,16H,8-9H2,(H,17,18). The van der Waals surface area contributed by atoms with E-state index in [1.165, 1.54) is 5.39 Å². The number of thioether (sulfide) groups is 1. The van der Waals surface area contributed by atoms with Gasteiger partial charge in [-0.3, -0.25) is 10.1 Å². The maximum atomic E-state index is 10.9. The van der Waals surface area contributed by atoms with Crippen molar-refractivity contribution in [1.82, 2.24) is 5.32 Å². The van der Waals surface area contributed by atoms with E-state index >= 15 is 0 Å². The average Bonchev–Trinajstić information content (AvgIpc) is 2.94. The lowest BCUT2D eigenvalue weighted by atomic mass is 10.1. The topological polar surface area (TPSA) is 58.6 Å². The van der Waals surface area contributed by atoms with Gasteiger partial charge in [-0.25, -0.2) is 0 Å². The average molecular weight is 289 g/mol. The molecule has 0 aromatic heterocycles. The minimum atomic E-state index is -0.800. The first-order valence-electron chi connectivity index (χ1n) is 6.44. The normalized spacial score (nSPS) is 22.0. The zero-order valence-corrected chi connectivity index (χ0v) is 11.6. The van der Waals surface area contributed by atoms with Gasteiger partial charge in [-0.2, -0.15) is 0 Å². The lowest BCUT2D eigenvalue weighted by Gasteiger charge is -2.13. The number of fused-ring (bicyclic) bond motifs is 1. The zero-order chi connectivity index (χ0) is 13.9. The summed E-state index contributed by atoms with van der Waals surface area (Å²) in [6, 6.07) is 13.6. The number of nitrogens with one attached hydrogen (secondary N) is 1. The number of carboxylic acid groups (broad SMARTS) is 1. The van der Waals surface area contributed by atoms with Crippen LogP contribution < -0.4 is 10.1 Å². The molecule has 20 heavy (non-hydrogen) atoms. The van der Waals surface area contributed by atoms with E-state index in [4.69, 9.17) is 9.84 Å². The minimum Gasteiger partial charge on any atom is -0.491 e. The van der Waals surface area contributed by atoms with Gasteiger partial charge in [-0.15, -0.1) is 11.8 Å². The zero-order valence-electron chi connectivity index (χ0n) is 10.8. The van der Waals surface area contributed by atoms with Crippen molar-refractivity contribution >= 4 is 28.5 Å². The van der Waals surface area contributed by atoms with E-state index in [9.17, 15) is 4.79 Å². The van der Waals surface area contributed by atoms with Crippen molar-refractivity contribution in [2.24, 2.45) is 0 Å². The first kappa shape index (κ1) is 13.3. The van der Waals surface area contributed by atoms with Gasteiger partial charge in [0, 0.05) is 5.75 Å². The van der Waals surface area contributed by atoms with E-state index in [-0.39, 0.29) is 5.37 Å². The third kappa shape index (κ3) is 2.89. The lowest BCUT2D eigenvalue weighted by Crippen LogP contribution is -2.38. The van der Waals surface area contributed by atoms with Crippen molar-refractivity contribution in [2.75, 3.05) is 12.4 Å². The molecule has 2 N–H and O–H groups in total. The third-order valence-corrected chi connectivity index (χ3v) is 4.47. The van der Waals surface area contributed by atoms with E-state index in [0.717, 1.165) is 11.1 Å². The molecule has 0 saturated carbocycles. The summed E-state index contributed by atoms with van der Waals surface area (Å²) in [5.74, 6) is 0.594. The summed E-state index contributed by atoms with van der Waals surface area (Å²) in [6.45, 7) is 0.465. The van der Waals surface area contributed by atoms with Crippen molar-refractivity contribution in [3.63, 3.8) is 0 Å². The summed E-state index contributed by atoms with van der Waals surface area (Å²) in [5, 5.41) is 14.3. The molecule has 0 spiro atoms. The van der Waals surface area contributed by atoms with E-state index in [0.29, 0.717) is 12.4 Å². The van der Waals surface area contributed by atoms with E-state index in [1.54, 1.807) is 11.8 Å². The van der Waals surface area contributed by atoms with Gasteiger partial charge in [0.15, 0.2) is 0 Å². The predicted octanol–water partition coefficient (Wildman–Crippen LogP) is 2.33. The van der Waals surface area contributed by atoms with Gasteiger partial charge in [0.05, 0.1) is 5.37 Å². The molecule has 0 amide bonds. The van der Waals surface area contributed by atoms with Gasteiger partial charge in [0.2, 0.25) is 0 Å². The van der Waals surface area contributed by atoms with Gasteiger partial charge in [0.1, 0.15) is 18.4 Å². The molecular formula is C15H15NO3S. The molecule has 2 aromatic rings. The van der Waals surface area contributed by atoms with E-state index in [1.807, 2.05) is 36.4 Å². The van der Waals surface area contributed by atoms with Crippen LogP contribution in [0.5, 0.6) is 5.75 Å². The number of hydrogen-bond acceptors (Lipinski definition) is 4. The molecule has 2 atom stereocenters. The van der Waals surface area contributed by atoms with Crippen molar-refractivity contribution in [3.05, 3.63) is 42.5 Å². The Morgan fingerprint density at radius 3 is 2.85 bits per heavy atom. The third-order valence-electron chi connectivity index (χ3n) is 3.27. The summed E-state index contributed by atoms with van der Waals surface area (Å²) >= 11 is 1.58. The number of benzene rings is 2. The molecule has 1 aliphatic heterocycles. The SMILES string of the molecule is O=C(O)C1CSC(COc2ccc3ccccc3c2)N1. The summed E-state index contributed by atoms with van der Waals surface area (Å²) in [4.78, 5) is 10.9. The molecule has 104 valence electrons. The fourth-order valence-corrected chi connectivity index (χ4v) is 3.29. The number of aliphatic carboxylic acids is 1. The second-order valence-electron chi connectivity index (χ2n) is 4.70. The monoisotopic (exact) mass is 289 g/mol. The van der Waals surface area contributed by atoms with Crippen LogP contribution >= 0.6 is 11.8 Å². The van der Waals surface area contributed by atoms with Crippen LogP contribution in [0, 0.1) is 0 Å². The highest BCUT2D eigenvalue weighted by Gasteiger charge is 2.29. The first-order chi connectivity index (χ1) is 9.72. The Labute approximate surface area is 121 Å². The molecular weight excluding hydrogens is 274 g/mol. The number of ether oxygens (including phenoxy) is 1. The number of carboxylic acids is 1. The minimum absolute atomic E-state index is 0.0302. The fourth-order valence-electron chi connectivity index (χ4n) is 2.20. The van der Waals surface area contributed by atoms with Crippen LogP contribution in [0.4, 0.5) is 0 Å². The Bertz CT molecular complexity index is 631. The maximum Gasteiger partial charge on any atom is 0.321 e. The Morgan fingerprint density at radius 2 is 2.10 bits per heavy atom. The number of hydrogen-bond donors (Lipinski definition) is 2. The Balaban J connectivity index is 1.61. The van der Waals surface area contributed by atoms with Crippen LogP contribution in [0.15, 0.2) is 42.5 Å². The fraction of sp³-hybridized carbons (Fsp3) is 0.267. The van der Waals surface area contributed by atoms with Crippen LogP contribution in [0.2, 0.25) is 0 Å². The lowest BCUT2D eigenvalue weighted by molar-refractivity contribution is -0.138. The number of rotatable bonds is 4. The highest BCUT2D eigenvalue weighted by Crippen LogP contribution is 2.23. The number of carbonyl (C=O) groups is 1. The van der Waals surface area contributed by atoms with E-state index in [2.05, 4.69) is 11.4 Å². The summed E-state index contributed by atoms with van der Waals surface area (Å²) in [5.41, 5.74) is 0. The molecule has 2 unspecified atom stereocenters.